The molecule has 1 aromatic rings. The zero-order chi connectivity index (χ0) is 15.8. The summed E-state index contributed by atoms with van der Waals surface area (Å²) in [5, 5.41) is 11.4. The van der Waals surface area contributed by atoms with Crippen LogP contribution in [0.15, 0.2) is 23.1 Å². The molecule has 0 fully saturated rings. The number of aliphatic carboxylic acids is 1. The Hall–Kier alpha value is -1.28. The summed E-state index contributed by atoms with van der Waals surface area (Å²) >= 11 is 2.50. The van der Waals surface area contributed by atoms with E-state index in [1.165, 1.54) is 17.8 Å². The molecule has 8 heteroatoms. The number of carboxylic acids is 1. The standard InChI is InChI=1S/C13H15F2NO3S2/c1-20-5-4-11(13(18)19)16-12(17)7-21-8-2-3-9(14)10(15)6-8/h2-3,6,11H,4-5,7H2,1H3,(H,16,17)(H,18,19)/t11-/m0/s1. The summed E-state index contributed by atoms with van der Waals surface area (Å²) in [5.74, 6) is -2.93. The zero-order valence-electron chi connectivity index (χ0n) is 11.3. The number of nitrogens with one attached hydrogen (secondary N) is 1. The van der Waals surface area contributed by atoms with Gasteiger partial charge in [0, 0.05) is 4.90 Å². The van der Waals surface area contributed by atoms with Gasteiger partial charge >= 0.3 is 5.97 Å². The second-order valence-corrected chi connectivity index (χ2v) is 6.14. The fourth-order valence-corrected chi connectivity index (χ4v) is 2.65. The molecule has 0 aliphatic carbocycles. The summed E-state index contributed by atoms with van der Waals surface area (Å²) in [6.45, 7) is 0. The number of carbonyl (C=O) groups is 2. The SMILES string of the molecule is CSCC[C@H](NC(=O)CSc1ccc(F)c(F)c1)C(=O)O. The molecular formula is C13H15F2NO3S2. The van der Waals surface area contributed by atoms with Crippen molar-refractivity contribution in [2.45, 2.75) is 17.4 Å². The molecule has 1 amide bonds. The maximum absolute atomic E-state index is 13.0. The molecule has 0 radical (unpaired) electrons. The minimum absolute atomic E-state index is 0.0614. The molecule has 116 valence electrons. The predicted molar refractivity (Wildman–Crippen MR) is 79.6 cm³/mol. The van der Waals surface area contributed by atoms with E-state index in [4.69, 9.17) is 5.11 Å². The van der Waals surface area contributed by atoms with Gasteiger partial charge in [-0.25, -0.2) is 13.6 Å². The van der Waals surface area contributed by atoms with E-state index in [0.717, 1.165) is 23.9 Å². The first kappa shape index (κ1) is 17.8. The van der Waals surface area contributed by atoms with E-state index in [1.54, 1.807) is 0 Å². The first-order valence-electron chi connectivity index (χ1n) is 6.03. The van der Waals surface area contributed by atoms with Gasteiger partial charge in [-0.3, -0.25) is 4.79 Å². The van der Waals surface area contributed by atoms with Crippen LogP contribution in [0.1, 0.15) is 6.42 Å². The van der Waals surface area contributed by atoms with Crippen molar-refractivity contribution < 1.29 is 23.5 Å². The fourth-order valence-electron chi connectivity index (χ4n) is 1.44. The molecule has 0 saturated heterocycles. The van der Waals surface area contributed by atoms with Crippen molar-refractivity contribution in [3.63, 3.8) is 0 Å². The van der Waals surface area contributed by atoms with Crippen LogP contribution in [0.25, 0.3) is 0 Å². The van der Waals surface area contributed by atoms with Crippen LogP contribution in [-0.2, 0) is 9.59 Å². The summed E-state index contributed by atoms with van der Waals surface area (Å²) in [6, 6.07) is 2.40. The fraction of sp³-hybridized carbons (Fsp3) is 0.385. The van der Waals surface area contributed by atoms with E-state index >= 15 is 0 Å². The third-order valence-electron chi connectivity index (χ3n) is 2.50. The minimum Gasteiger partial charge on any atom is -0.480 e. The van der Waals surface area contributed by atoms with Crippen LogP contribution in [0.2, 0.25) is 0 Å². The summed E-state index contributed by atoms with van der Waals surface area (Å²) in [5.41, 5.74) is 0. The van der Waals surface area contributed by atoms with Gasteiger partial charge in [-0.15, -0.1) is 11.8 Å². The lowest BCUT2D eigenvalue weighted by Crippen LogP contribution is -2.42. The lowest BCUT2D eigenvalue weighted by atomic mass is 10.2. The molecule has 0 unspecified atom stereocenters. The van der Waals surface area contributed by atoms with E-state index in [9.17, 15) is 18.4 Å². The molecule has 21 heavy (non-hydrogen) atoms. The minimum atomic E-state index is -1.09. The number of rotatable bonds is 8. The van der Waals surface area contributed by atoms with Crippen LogP contribution in [0.4, 0.5) is 8.78 Å². The normalized spacial score (nSPS) is 12.0. The number of hydrogen-bond acceptors (Lipinski definition) is 4. The molecule has 1 atom stereocenters. The Labute approximate surface area is 129 Å². The molecule has 0 bridgehead atoms. The van der Waals surface area contributed by atoms with E-state index in [1.807, 2.05) is 6.26 Å². The molecule has 0 saturated carbocycles. The Balaban J connectivity index is 2.48. The van der Waals surface area contributed by atoms with Crippen molar-refractivity contribution in [1.29, 1.82) is 0 Å². The average molecular weight is 335 g/mol. The van der Waals surface area contributed by atoms with Crippen LogP contribution in [0.3, 0.4) is 0 Å². The van der Waals surface area contributed by atoms with Crippen LogP contribution in [-0.4, -0.2) is 40.8 Å². The first-order valence-corrected chi connectivity index (χ1v) is 8.41. The average Bonchev–Trinajstić information content (AvgIpc) is 2.44. The lowest BCUT2D eigenvalue weighted by molar-refractivity contribution is -0.141. The summed E-state index contributed by atoms with van der Waals surface area (Å²) in [6.07, 6.45) is 2.18. The topological polar surface area (TPSA) is 66.4 Å². The Bertz CT molecular complexity index is 514. The van der Waals surface area contributed by atoms with Gasteiger partial charge < -0.3 is 10.4 Å². The smallest absolute Gasteiger partial charge is 0.326 e. The quantitative estimate of drug-likeness (QED) is 0.714. The number of benzene rings is 1. The third-order valence-corrected chi connectivity index (χ3v) is 4.14. The number of carboxylic acid groups (broad SMARTS) is 1. The molecule has 1 aromatic carbocycles. The van der Waals surface area contributed by atoms with Gasteiger partial charge in [-0.05, 0) is 36.6 Å². The molecule has 0 heterocycles. The highest BCUT2D eigenvalue weighted by Gasteiger charge is 2.19. The van der Waals surface area contributed by atoms with Crippen LogP contribution in [0.5, 0.6) is 0 Å². The van der Waals surface area contributed by atoms with E-state index < -0.39 is 29.6 Å². The van der Waals surface area contributed by atoms with Gasteiger partial charge in [0.05, 0.1) is 5.75 Å². The molecule has 1 rings (SSSR count). The highest BCUT2D eigenvalue weighted by atomic mass is 32.2. The molecular weight excluding hydrogens is 320 g/mol. The lowest BCUT2D eigenvalue weighted by Gasteiger charge is -2.13. The van der Waals surface area contributed by atoms with Crippen molar-refractivity contribution in [3.05, 3.63) is 29.8 Å². The number of amides is 1. The zero-order valence-corrected chi connectivity index (χ0v) is 12.9. The Kier molecular flexibility index (Phi) is 7.52. The first-order chi connectivity index (χ1) is 9.93. The maximum atomic E-state index is 13.0. The van der Waals surface area contributed by atoms with Gasteiger partial charge in [0.2, 0.25) is 5.91 Å². The van der Waals surface area contributed by atoms with Gasteiger partial charge in [0.25, 0.3) is 0 Å². The Morgan fingerprint density at radius 1 is 1.33 bits per heavy atom. The highest BCUT2D eigenvalue weighted by molar-refractivity contribution is 8.00. The number of halogens is 2. The molecule has 0 aliphatic heterocycles. The molecule has 0 aromatic heterocycles. The second-order valence-electron chi connectivity index (χ2n) is 4.10. The monoisotopic (exact) mass is 335 g/mol. The summed E-state index contributed by atoms with van der Waals surface area (Å²) in [7, 11) is 0. The predicted octanol–water partition coefficient (Wildman–Crippen LogP) is 2.38. The van der Waals surface area contributed by atoms with Crippen molar-refractivity contribution in [3.8, 4) is 0 Å². The number of carbonyl (C=O) groups excluding carboxylic acids is 1. The summed E-state index contributed by atoms with van der Waals surface area (Å²) < 4.78 is 25.7. The highest BCUT2D eigenvalue weighted by Crippen LogP contribution is 2.20. The van der Waals surface area contributed by atoms with Gasteiger partial charge in [-0.1, -0.05) is 0 Å². The van der Waals surface area contributed by atoms with Gasteiger partial charge in [0.1, 0.15) is 6.04 Å². The van der Waals surface area contributed by atoms with Crippen molar-refractivity contribution in [2.75, 3.05) is 17.8 Å². The maximum Gasteiger partial charge on any atom is 0.326 e. The van der Waals surface area contributed by atoms with Crippen LogP contribution in [0, 0.1) is 11.6 Å². The molecule has 2 N–H and O–H groups in total. The van der Waals surface area contributed by atoms with Crippen molar-refractivity contribution in [2.24, 2.45) is 0 Å². The Morgan fingerprint density at radius 3 is 2.62 bits per heavy atom. The van der Waals surface area contributed by atoms with Crippen LogP contribution >= 0.6 is 23.5 Å². The molecule has 0 spiro atoms. The van der Waals surface area contributed by atoms with Crippen molar-refractivity contribution >= 4 is 35.4 Å². The molecule has 0 aliphatic rings. The summed E-state index contributed by atoms with van der Waals surface area (Å²) in [4.78, 5) is 23.1. The second kappa shape index (κ2) is 8.89. The Morgan fingerprint density at radius 2 is 2.05 bits per heavy atom. The van der Waals surface area contributed by atoms with Crippen LogP contribution < -0.4 is 5.32 Å². The third kappa shape index (κ3) is 6.34. The van der Waals surface area contributed by atoms with Gasteiger partial charge in [-0.2, -0.15) is 11.8 Å². The van der Waals surface area contributed by atoms with Crippen molar-refractivity contribution in [1.82, 2.24) is 5.32 Å². The van der Waals surface area contributed by atoms with E-state index in [2.05, 4.69) is 5.32 Å². The van der Waals surface area contributed by atoms with E-state index in [0.29, 0.717) is 17.1 Å². The van der Waals surface area contributed by atoms with E-state index in [-0.39, 0.29) is 5.75 Å². The number of thioether (sulfide) groups is 2. The largest absolute Gasteiger partial charge is 0.480 e. The van der Waals surface area contributed by atoms with Gasteiger partial charge in [0.15, 0.2) is 11.6 Å². The molecule has 4 nitrogen and oxygen atoms in total. The number of hydrogen-bond donors (Lipinski definition) is 2.